The van der Waals surface area contributed by atoms with E-state index in [1.54, 1.807) is 59.5 Å². The minimum absolute atomic E-state index is 0.0167. The van der Waals surface area contributed by atoms with Gasteiger partial charge in [-0.1, -0.05) is 42.3 Å². The van der Waals surface area contributed by atoms with Crippen LogP contribution in [0.2, 0.25) is 0 Å². The molecule has 0 unspecified atom stereocenters. The molecule has 0 radical (unpaired) electrons. The summed E-state index contributed by atoms with van der Waals surface area (Å²) < 4.78 is 26.7. The standard InChI is InChI=1S/C50H61N3O10/c1-5-25-60-50-45(53(21-26-59-27-24-56)48(58)36-17-15-34(32-51)16-18-36)31-43(52-63-49(2,3)4)41-29-37(12-6-8-22-54)40(14-7-9-23-55)46(47(41)50)42-30-39(19-20-44(42)62-50)61-38-13-10-11-35(28-38)33-57/h5,10-11,13,15-20,28-30,33,37,40,45-47,54-56H,1,6-9,12,14,21-27,31H2,2-4H3/t37-,40+,45-,46+,47+,50+/m0/s1. The Kier molecular flexibility index (Phi) is 16.3. The molecule has 1 heterocycles. The second kappa shape index (κ2) is 21.8. The number of ether oxygens (including phenoxy) is 4. The van der Waals surface area contributed by atoms with Crippen molar-refractivity contribution in [3.63, 3.8) is 0 Å². The number of amides is 1. The number of aliphatic hydroxyl groups is 3. The van der Waals surface area contributed by atoms with Crippen LogP contribution in [0.5, 0.6) is 17.2 Å². The van der Waals surface area contributed by atoms with Crippen molar-refractivity contribution in [1.29, 1.82) is 5.26 Å². The van der Waals surface area contributed by atoms with Crippen molar-refractivity contribution in [2.24, 2.45) is 22.9 Å². The third kappa shape index (κ3) is 11.1. The van der Waals surface area contributed by atoms with Gasteiger partial charge in [-0.05, 0) is 118 Å². The first-order valence-electron chi connectivity index (χ1n) is 22.0. The number of unbranched alkanes of at least 4 members (excludes halogenated alkanes) is 2. The largest absolute Gasteiger partial charge is 0.459 e. The number of fused-ring (bicyclic) bond motifs is 2. The fourth-order valence-corrected chi connectivity index (χ4v) is 9.27. The highest BCUT2D eigenvalue weighted by Gasteiger charge is 2.65. The van der Waals surface area contributed by atoms with Crippen LogP contribution >= 0.6 is 0 Å². The average molecular weight is 864 g/mol. The molecule has 0 saturated heterocycles. The van der Waals surface area contributed by atoms with Crippen molar-refractivity contribution in [3.8, 4) is 23.3 Å². The molecule has 63 heavy (non-hydrogen) atoms. The first-order chi connectivity index (χ1) is 30.5. The van der Waals surface area contributed by atoms with Gasteiger partial charge in [0.2, 0.25) is 5.79 Å². The van der Waals surface area contributed by atoms with Crippen molar-refractivity contribution < 1.29 is 48.7 Å². The molecule has 1 saturated carbocycles. The van der Waals surface area contributed by atoms with Gasteiger partial charge < -0.3 is 44.0 Å². The van der Waals surface area contributed by atoms with E-state index in [0.29, 0.717) is 52.5 Å². The number of allylic oxidation sites excluding steroid dienone is 1. The molecule has 13 nitrogen and oxygen atoms in total. The molecule has 1 aliphatic heterocycles. The lowest BCUT2D eigenvalue weighted by Crippen LogP contribution is -2.70. The molecule has 0 spiro atoms. The van der Waals surface area contributed by atoms with Crippen molar-refractivity contribution >= 4 is 17.9 Å². The molecule has 1 amide bonds. The van der Waals surface area contributed by atoms with E-state index in [1.165, 1.54) is 0 Å². The number of rotatable bonds is 22. The zero-order chi connectivity index (χ0) is 45.0. The zero-order valence-electron chi connectivity index (χ0n) is 36.6. The molecule has 2 aliphatic carbocycles. The summed E-state index contributed by atoms with van der Waals surface area (Å²) in [5, 5.41) is 44.0. The number of nitrogens with zero attached hydrogens (tertiary/aromatic N) is 3. The Morgan fingerprint density at radius 3 is 2.41 bits per heavy atom. The van der Waals surface area contributed by atoms with Crippen LogP contribution in [0.4, 0.5) is 0 Å². The minimum Gasteiger partial charge on any atom is -0.459 e. The quantitative estimate of drug-likeness (QED) is 0.0389. The highest BCUT2D eigenvalue weighted by Crippen LogP contribution is 2.62. The monoisotopic (exact) mass is 863 g/mol. The number of aliphatic hydroxyl groups excluding tert-OH is 3. The van der Waals surface area contributed by atoms with Gasteiger partial charge in [-0.2, -0.15) is 5.26 Å². The normalized spacial score (nSPS) is 23.0. The van der Waals surface area contributed by atoms with E-state index in [2.05, 4.69) is 18.7 Å². The smallest absolute Gasteiger partial charge is 0.254 e. The van der Waals surface area contributed by atoms with Crippen molar-refractivity contribution in [2.75, 3.05) is 46.2 Å². The molecule has 6 rings (SSSR count). The highest BCUT2D eigenvalue weighted by molar-refractivity contribution is 6.03. The maximum absolute atomic E-state index is 15.1. The molecule has 0 bridgehead atoms. The topological polar surface area (TPSA) is 180 Å². The van der Waals surface area contributed by atoms with Crippen LogP contribution in [0.25, 0.3) is 0 Å². The first kappa shape index (κ1) is 47.1. The number of nitriles is 1. The Morgan fingerprint density at radius 1 is 0.984 bits per heavy atom. The molecule has 1 fully saturated rings. The second-order valence-electron chi connectivity index (χ2n) is 17.3. The van der Waals surface area contributed by atoms with E-state index in [0.717, 1.165) is 43.1 Å². The summed E-state index contributed by atoms with van der Waals surface area (Å²) in [6, 6.07) is 20.4. The van der Waals surface area contributed by atoms with Crippen molar-refractivity contribution in [1.82, 2.24) is 4.90 Å². The van der Waals surface area contributed by atoms with E-state index in [-0.39, 0.29) is 76.3 Å². The van der Waals surface area contributed by atoms with Gasteiger partial charge >= 0.3 is 0 Å². The Labute approximate surface area is 370 Å². The Balaban J connectivity index is 1.62. The van der Waals surface area contributed by atoms with Gasteiger partial charge in [-0.15, -0.1) is 6.58 Å². The van der Waals surface area contributed by atoms with Crippen LogP contribution in [0, 0.1) is 29.1 Å². The maximum atomic E-state index is 15.1. The highest BCUT2D eigenvalue weighted by atomic mass is 16.7. The van der Waals surface area contributed by atoms with E-state index in [1.807, 2.05) is 39.0 Å². The molecule has 0 aromatic heterocycles. The predicted octanol–water partition coefficient (Wildman–Crippen LogP) is 7.75. The Morgan fingerprint density at radius 2 is 1.73 bits per heavy atom. The summed E-state index contributed by atoms with van der Waals surface area (Å²) >= 11 is 0. The average Bonchev–Trinajstić information content (AvgIpc) is 3.28. The van der Waals surface area contributed by atoms with E-state index >= 15 is 4.79 Å². The van der Waals surface area contributed by atoms with E-state index in [4.69, 9.17) is 28.9 Å². The number of hydrogen-bond donors (Lipinski definition) is 3. The second-order valence-corrected chi connectivity index (χ2v) is 17.3. The van der Waals surface area contributed by atoms with Crippen LogP contribution in [-0.4, -0.2) is 102 Å². The van der Waals surface area contributed by atoms with Gasteiger partial charge in [-0.25, -0.2) is 0 Å². The van der Waals surface area contributed by atoms with Crippen molar-refractivity contribution in [3.05, 3.63) is 113 Å². The van der Waals surface area contributed by atoms with Crippen LogP contribution < -0.4 is 9.47 Å². The molecule has 336 valence electrons. The van der Waals surface area contributed by atoms with Gasteiger partial charge in [0.1, 0.15) is 35.2 Å². The molecule has 6 atom stereocenters. The van der Waals surface area contributed by atoms with E-state index < -0.39 is 23.3 Å². The fraction of sp³-hybridized carbons (Fsp3) is 0.480. The molecule has 3 aromatic rings. The van der Waals surface area contributed by atoms with Crippen LogP contribution in [0.1, 0.15) is 103 Å². The minimum atomic E-state index is -1.52. The number of oxime groups is 1. The summed E-state index contributed by atoms with van der Waals surface area (Å²) in [4.78, 5) is 34.7. The summed E-state index contributed by atoms with van der Waals surface area (Å²) in [6.07, 6.45) is 9.21. The van der Waals surface area contributed by atoms with Crippen LogP contribution in [0.15, 0.2) is 96.2 Å². The first-order valence-corrected chi connectivity index (χ1v) is 22.0. The summed E-state index contributed by atoms with van der Waals surface area (Å²) in [5.74, 6) is -1.15. The zero-order valence-corrected chi connectivity index (χ0v) is 36.6. The third-order valence-corrected chi connectivity index (χ3v) is 11.9. The van der Waals surface area contributed by atoms with Gasteiger partial charge in [0.05, 0.1) is 49.7 Å². The Hall–Kier alpha value is -5.36. The third-order valence-electron chi connectivity index (χ3n) is 11.9. The molecule has 3 aromatic carbocycles. The lowest BCUT2D eigenvalue weighted by molar-refractivity contribution is -0.254. The lowest BCUT2D eigenvalue weighted by atomic mass is 9.55. The molecule has 3 aliphatic rings. The van der Waals surface area contributed by atoms with Crippen LogP contribution in [0.3, 0.4) is 0 Å². The molecule has 3 N–H and O–H groups in total. The fourth-order valence-electron chi connectivity index (χ4n) is 9.27. The SMILES string of the molecule is C=CCO[C@@]12Oc3ccc(Oc4cccc(C=O)c4)cc3[C@H]3[C@H](CCCCO)[C@@H](CCCCO)C=C(C(=NOC(C)(C)C)C[C@@H]1N(CCOCCO)C(=O)c1ccc(C#N)cc1)[C@H]32. The predicted molar refractivity (Wildman–Crippen MR) is 238 cm³/mol. The van der Waals surface area contributed by atoms with Gasteiger partial charge in [0.15, 0.2) is 0 Å². The summed E-state index contributed by atoms with van der Waals surface area (Å²) in [6.45, 7) is 10.1. The number of carbonyl (C=O) groups is 2. The lowest BCUT2D eigenvalue weighted by Gasteiger charge is -2.60. The van der Waals surface area contributed by atoms with E-state index in [9.17, 15) is 25.4 Å². The van der Waals surface area contributed by atoms with Gasteiger partial charge in [-0.3, -0.25) is 9.59 Å². The summed E-state index contributed by atoms with van der Waals surface area (Å²) in [7, 11) is 0. The summed E-state index contributed by atoms with van der Waals surface area (Å²) in [5.41, 5.74) is 2.99. The number of carbonyl (C=O) groups excluding carboxylic acids is 2. The van der Waals surface area contributed by atoms with Crippen LogP contribution in [-0.2, 0) is 14.3 Å². The maximum Gasteiger partial charge on any atom is 0.254 e. The molecule has 13 heteroatoms. The van der Waals surface area contributed by atoms with Crippen molar-refractivity contribution in [2.45, 2.75) is 89.1 Å². The van der Waals surface area contributed by atoms with Gasteiger partial charge in [0.25, 0.3) is 5.91 Å². The number of hydrogen-bond acceptors (Lipinski definition) is 12. The number of benzene rings is 3. The van der Waals surface area contributed by atoms with Gasteiger partial charge in [0, 0.05) is 48.8 Å². The number of aldehydes is 1. The molecular weight excluding hydrogens is 803 g/mol. The molecular formula is C50H61N3O10. The Bertz CT molecular complexity index is 2140.